The van der Waals surface area contributed by atoms with E-state index in [2.05, 4.69) is 13.2 Å². The number of hydrogen-bond donors (Lipinski definition) is 5. The summed E-state index contributed by atoms with van der Waals surface area (Å²) in [6.07, 6.45) is -6.76. The van der Waals surface area contributed by atoms with Crippen molar-refractivity contribution in [3.8, 4) is 0 Å². The minimum absolute atomic E-state index is 0.0848. The van der Waals surface area contributed by atoms with Crippen molar-refractivity contribution in [2.45, 2.75) is 92.3 Å². The molecule has 0 aromatic heterocycles. The number of aliphatic hydroxyl groups excluding tert-OH is 3. The monoisotopic (exact) mass is 724 g/mol. The summed E-state index contributed by atoms with van der Waals surface area (Å²) in [4.78, 5) is 13.2. The molecule has 3 bridgehead atoms. The highest BCUT2D eigenvalue weighted by Crippen LogP contribution is 2.68. The number of fused-ring (bicyclic) bond motifs is 2. The van der Waals surface area contributed by atoms with Gasteiger partial charge in [0.2, 0.25) is 0 Å². The van der Waals surface area contributed by atoms with Crippen LogP contribution in [0, 0.1) is 23.7 Å². The van der Waals surface area contributed by atoms with Gasteiger partial charge in [-0.15, -0.1) is 0 Å². The molecular weight excluding hydrogens is 676 g/mol. The Hall–Kier alpha value is -3.71. The molecule has 0 radical (unpaired) electrons. The fourth-order valence-electron chi connectivity index (χ4n) is 10.4. The molecule has 4 unspecified atom stereocenters. The third-order valence-electron chi connectivity index (χ3n) is 13.4. The van der Waals surface area contributed by atoms with Crippen molar-refractivity contribution in [1.29, 1.82) is 0 Å². The molecule has 0 spiro atoms. The molecule has 10 nitrogen and oxygen atoms in total. The molecule has 5 aliphatic rings. The van der Waals surface area contributed by atoms with Crippen LogP contribution < -0.4 is 0 Å². The molecule has 0 amide bonds. The Morgan fingerprint density at radius 2 is 1.38 bits per heavy atom. The van der Waals surface area contributed by atoms with Gasteiger partial charge >= 0.3 is 5.97 Å². The molecule has 3 aromatic rings. The number of carbonyl (C=O) groups excluding carboxylic acids is 1. The van der Waals surface area contributed by atoms with Gasteiger partial charge in [0, 0.05) is 35.5 Å². The quantitative estimate of drug-likeness (QED) is 0.160. The summed E-state index contributed by atoms with van der Waals surface area (Å²) in [6, 6.07) is 27.6. The second-order valence-corrected chi connectivity index (χ2v) is 15.8. The summed E-state index contributed by atoms with van der Waals surface area (Å²) in [7, 11) is 0. The lowest BCUT2D eigenvalue weighted by atomic mass is 9.54. The van der Waals surface area contributed by atoms with E-state index in [1.54, 1.807) is 18.2 Å². The number of aliphatic hydroxyl groups is 5. The van der Waals surface area contributed by atoms with Crippen molar-refractivity contribution in [3.63, 3.8) is 0 Å². The minimum Gasteiger partial charge on any atom is -0.459 e. The number of rotatable bonds is 9. The van der Waals surface area contributed by atoms with Gasteiger partial charge in [0.1, 0.15) is 18.3 Å². The topological polar surface area (TPSA) is 155 Å². The predicted molar refractivity (Wildman–Crippen MR) is 193 cm³/mol. The predicted octanol–water partition coefficient (Wildman–Crippen LogP) is 4.23. The van der Waals surface area contributed by atoms with Crippen LogP contribution in [0.2, 0.25) is 0 Å². The van der Waals surface area contributed by atoms with Crippen molar-refractivity contribution < 1.29 is 49.3 Å². The SMILES string of the molecule is C=C(C(C)c1ccccc1)[C@H]1C[C@H]2O[C@H]3O[C@@H]2C2[C@H](O)[C@@](O)(COC(=O)c4ccccc4)[C@@H](O)[C@@]4(O)C(C[C@@H](C(=C)C(C)c5ccccc5)[C@@H]4O)[C@]21O3. The van der Waals surface area contributed by atoms with Gasteiger partial charge in [-0.25, -0.2) is 4.79 Å². The average molecular weight is 725 g/mol. The fraction of sp³-hybridized carbons (Fsp3) is 0.465. The molecule has 3 aliphatic carbocycles. The van der Waals surface area contributed by atoms with Crippen LogP contribution in [0.1, 0.15) is 60.0 Å². The molecule has 5 fully saturated rings. The van der Waals surface area contributed by atoms with Crippen molar-refractivity contribution in [1.82, 2.24) is 0 Å². The smallest absolute Gasteiger partial charge is 0.338 e. The zero-order chi connectivity index (χ0) is 37.4. The van der Waals surface area contributed by atoms with Crippen LogP contribution in [0.3, 0.4) is 0 Å². The summed E-state index contributed by atoms with van der Waals surface area (Å²) in [5.41, 5.74) is -3.27. The van der Waals surface area contributed by atoms with Gasteiger partial charge < -0.3 is 44.5 Å². The zero-order valence-electron chi connectivity index (χ0n) is 29.9. The normalized spacial score (nSPS) is 40.7. The minimum atomic E-state index is -2.70. The van der Waals surface area contributed by atoms with Crippen LogP contribution in [0.25, 0.3) is 0 Å². The maximum Gasteiger partial charge on any atom is 0.338 e. The van der Waals surface area contributed by atoms with Crippen LogP contribution in [0.5, 0.6) is 0 Å². The zero-order valence-corrected chi connectivity index (χ0v) is 29.9. The highest BCUT2D eigenvalue weighted by atomic mass is 16.9. The largest absolute Gasteiger partial charge is 0.459 e. The van der Waals surface area contributed by atoms with E-state index in [4.69, 9.17) is 18.9 Å². The molecular formula is C43H48O10. The van der Waals surface area contributed by atoms with Gasteiger partial charge in [-0.3, -0.25) is 0 Å². The first-order valence-electron chi connectivity index (χ1n) is 18.5. The standard InChI is InChI=1S/C43H48O10/c1-23(27-14-8-5-9-15-27)25(3)30-20-33-42(49,36(30)44)39(47)41(48,22-50-38(46)29-18-12-7-13-19-29)37(45)34-35-32-21-31(43(33,34)53-40(51-32)52-35)26(4)24(2)28-16-10-6-11-17-28/h5-19,23-24,30-37,39-40,44-45,47-49H,3-4,20-22H2,1-2H3/t23?,24?,30-,31+,32+,33?,34?,35-,36-,37-,39+,40-,41-,42+,43-/m0/s1. The van der Waals surface area contributed by atoms with Crippen molar-refractivity contribution in [3.05, 3.63) is 132 Å². The van der Waals surface area contributed by atoms with E-state index in [1.807, 2.05) is 74.5 Å². The number of carbonyl (C=O) groups is 1. The number of benzene rings is 3. The Kier molecular flexibility index (Phi) is 9.07. The lowest BCUT2D eigenvalue weighted by Gasteiger charge is -2.59. The Balaban J connectivity index is 1.27. The van der Waals surface area contributed by atoms with E-state index in [9.17, 15) is 30.3 Å². The van der Waals surface area contributed by atoms with Gasteiger partial charge in [-0.1, -0.05) is 117 Å². The Morgan fingerprint density at radius 3 is 1.98 bits per heavy atom. The molecule has 3 aromatic carbocycles. The molecule has 8 rings (SSSR count). The maximum absolute atomic E-state index is 13.2. The molecule has 10 heteroatoms. The highest BCUT2D eigenvalue weighted by molar-refractivity contribution is 5.89. The van der Waals surface area contributed by atoms with Gasteiger partial charge in [0.25, 0.3) is 6.48 Å². The van der Waals surface area contributed by atoms with Gasteiger partial charge in [-0.05, 0) is 36.1 Å². The third-order valence-corrected chi connectivity index (χ3v) is 13.4. The first-order chi connectivity index (χ1) is 25.3. The van der Waals surface area contributed by atoms with Crippen molar-refractivity contribution >= 4 is 5.97 Å². The van der Waals surface area contributed by atoms with Crippen LogP contribution >= 0.6 is 0 Å². The average Bonchev–Trinajstić information content (AvgIpc) is 3.60. The van der Waals surface area contributed by atoms with E-state index in [-0.39, 0.29) is 23.8 Å². The Labute approximate surface area is 309 Å². The second-order valence-electron chi connectivity index (χ2n) is 15.8. The van der Waals surface area contributed by atoms with E-state index in [0.717, 1.165) is 16.7 Å². The van der Waals surface area contributed by atoms with Gasteiger partial charge in [0.05, 0.1) is 35.6 Å². The van der Waals surface area contributed by atoms with Crippen LogP contribution in [-0.2, 0) is 18.9 Å². The summed E-state index contributed by atoms with van der Waals surface area (Å²) < 4.78 is 25.0. The molecule has 2 aliphatic heterocycles. The fourth-order valence-corrected chi connectivity index (χ4v) is 10.4. The van der Waals surface area contributed by atoms with E-state index >= 15 is 0 Å². The van der Waals surface area contributed by atoms with Crippen LogP contribution in [-0.4, -0.2) is 91.9 Å². The van der Waals surface area contributed by atoms with Gasteiger partial charge in [0.15, 0.2) is 5.60 Å². The lowest BCUT2D eigenvalue weighted by Crippen LogP contribution is -2.70. The van der Waals surface area contributed by atoms with Gasteiger partial charge in [-0.2, -0.15) is 0 Å². The van der Waals surface area contributed by atoms with Crippen molar-refractivity contribution in [2.24, 2.45) is 23.7 Å². The molecule has 280 valence electrons. The second kappa shape index (κ2) is 13.2. The molecule has 3 saturated carbocycles. The number of hydrogen-bond acceptors (Lipinski definition) is 10. The highest BCUT2D eigenvalue weighted by Gasteiger charge is 2.81. The third kappa shape index (κ3) is 5.33. The van der Waals surface area contributed by atoms with E-state index in [0.29, 0.717) is 12.0 Å². The Bertz CT molecular complexity index is 1850. The van der Waals surface area contributed by atoms with E-state index < -0.39 is 90.0 Å². The molecule has 53 heavy (non-hydrogen) atoms. The first kappa shape index (κ1) is 36.3. The summed E-state index contributed by atoms with van der Waals surface area (Å²) in [5, 5.41) is 63.4. The summed E-state index contributed by atoms with van der Waals surface area (Å²) >= 11 is 0. The summed E-state index contributed by atoms with van der Waals surface area (Å²) in [5.74, 6) is -4.88. The first-order valence-corrected chi connectivity index (χ1v) is 18.5. The lowest BCUT2D eigenvalue weighted by molar-refractivity contribution is -0.372. The van der Waals surface area contributed by atoms with E-state index in [1.165, 1.54) is 12.1 Å². The van der Waals surface area contributed by atoms with Crippen LogP contribution in [0.4, 0.5) is 0 Å². The molecule has 2 saturated heterocycles. The van der Waals surface area contributed by atoms with Crippen molar-refractivity contribution in [2.75, 3.05) is 6.61 Å². The number of esters is 1. The number of ether oxygens (including phenoxy) is 4. The maximum atomic E-state index is 13.2. The summed E-state index contributed by atoms with van der Waals surface area (Å²) in [6.45, 7) is 11.0. The van der Waals surface area contributed by atoms with Crippen LogP contribution in [0.15, 0.2) is 115 Å². The molecule has 15 atom stereocenters. The Morgan fingerprint density at radius 1 is 0.811 bits per heavy atom. The molecule has 5 N–H and O–H groups in total. The molecule has 2 heterocycles.